The van der Waals surface area contributed by atoms with Crippen LogP contribution in [-0.2, 0) is 16.4 Å². The van der Waals surface area contributed by atoms with Gasteiger partial charge in [-0.15, -0.1) is 0 Å². The van der Waals surface area contributed by atoms with Gasteiger partial charge in [0.05, 0.1) is 35.2 Å². The summed E-state index contributed by atoms with van der Waals surface area (Å²) in [6.45, 7) is 5.43. The number of halogens is 3. The molecule has 4 rings (SSSR count). The number of aromatic nitrogens is 2. The Morgan fingerprint density at radius 3 is 2.71 bits per heavy atom. The van der Waals surface area contributed by atoms with Crippen molar-refractivity contribution in [3.63, 3.8) is 0 Å². The summed E-state index contributed by atoms with van der Waals surface area (Å²) in [5.41, 5.74) is 0.879. The summed E-state index contributed by atoms with van der Waals surface area (Å²) in [4.78, 5) is 21.4. The lowest BCUT2D eigenvalue weighted by molar-refractivity contribution is -0.137. The van der Waals surface area contributed by atoms with Crippen LogP contribution in [0.5, 0.6) is 5.75 Å². The van der Waals surface area contributed by atoms with E-state index in [-0.39, 0.29) is 35.7 Å². The number of carbonyl (C=O) groups excluding carboxylic acids is 1. The van der Waals surface area contributed by atoms with Gasteiger partial charge in [-0.1, -0.05) is 6.92 Å². The topological polar surface area (TPSA) is 111 Å². The minimum atomic E-state index is -4.55. The molecule has 0 bridgehead atoms. The number of aliphatic hydroxyl groups is 1. The van der Waals surface area contributed by atoms with Crippen LogP contribution >= 0.6 is 0 Å². The van der Waals surface area contributed by atoms with Crippen molar-refractivity contribution in [1.29, 1.82) is 5.26 Å². The van der Waals surface area contributed by atoms with E-state index in [2.05, 4.69) is 21.4 Å². The third-order valence-corrected chi connectivity index (χ3v) is 6.14. The Morgan fingerprint density at radius 1 is 1.32 bits per heavy atom. The first-order valence-corrected chi connectivity index (χ1v) is 11.7. The van der Waals surface area contributed by atoms with Crippen LogP contribution in [0.3, 0.4) is 0 Å². The van der Waals surface area contributed by atoms with Crippen LogP contribution < -0.4 is 14.9 Å². The molecule has 1 aromatic heterocycles. The predicted molar refractivity (Wildman–Crippen MR) is 137 cm³/mol. The molecule has 12 heteroatoms. The molecule has 195 valence electrons. The van der Waals surface area contributed by atoms with Gasteiger partial charge in [0.25, 0.3) is 0 Å². The van der Waals surface area contributed by atoms with E-state index in [9.17, 15) is 28.3 Å². The molecule has 2 aromatic carbocycles. The number of anilines is 3. The summed E-state index contributed by atoms with van der Waals surface area (Å²) >= 11 is 0. The second-order valence-corrected chi connectivity index (χ2v) is 9.43. The number of nitrogens with one attached hydrogen (secondary N) is 1. The number of hydrogen-bond donors (Lipinski definition) is 2. The van der Waals surface area contributed by atoms with Crippen LogP contribution in [0.4, 0.5) is 30.5 Å². The Balaban J connectivity index is 1.76. The summed E-state index contributed by atoms with van der Waals surface area (Å²) in [6.07, 6.45) is -2.78. The Labute approximate surface area is 218 Å². The normalized spacial score (nSPS) is 16.7. The van der Waals surface area contributed by atoms with Crippen LogP contribution in [0.1, 0.15) is 37.5 Å². The molecular weight excluding hydrogens is 498 g/mol. The van der Waals surface area contributed by atoms with Gasteiger partial charge in [0.2, 0.25) is 5.95 Å². The molecule has 0 saturated heterocycles. The molecule has 1 aliphatic heterocycles. The van der Waals surface area contributed by atoms with E-state index < -0.39 is 17.2 Å². The maximum absolute atomic E-state index is 13.4. The second kappa shape index (κ2) is 10.3. The van der Waals surface area contributed by atoms with Crippen molar-refractivity contribution in [2.24, 2.45) is 0 Å². The summed E-state index contributed by atoms with van der Waals surface area (Å²) in [5.74, 6) is 0.229. The van der Waals surface area contributed by atoms with Crippen LogP contribution in [0.2, 0.25) is 0 Å². The smallest absolute Gasteiger partial charge is 0.416 e. The summed E-state index contributed by atoms with van der Waals surface area (Å²) in [6, 6.07) is 10.3. The molecule has 38 heavy (non-hydrogen) atoms. The molecule has 0 spiro atoms. The molecule has 1 radical (unpaired) electrons. The average Bonchev–Trinajstić information content (AvgIpc) is 3.16. The zero-order chi connectivity index (χ0) is 27.7. The van der Waals surface area contributed by atoms with E-state index in [0.717, 1.165) is 12.1 Å². The van der Waals surface area contributed by atoms with Gasteiger partial charge < -0.3 is 24.8 Å². The zero-order valence-corrected chi connectivity index (χ0v) is 20.9. The lowest BCUT2D eigenvalue weighted by Crippen LogP contribution is -2.36. The number of aliphatic hydroxyl groups excluding tert-OH is 1. The molecule has 3 aromatic rings. The Morgan fingerprint density at radius 2 is 2.08 bits per heavy atom. The van der Waals surface area contributed by atoms with E-state index in [1.807, 2.05) is 6.92 Å². The lowest BCUT2D eigenvalue weighted by Gasteiger charge is -2.23. The number of benzene rings is 2. The van der Waals surface area contributed by atoms with E-state index in [1.54, 1.807) is 36.9 Å². The molecule has 0 amide bonds. The van der Waals surface area contributed by atoms with Gasteiger partial charge in [0.15, 0.2) is 0 Å². The molecule has 1 atom stereocenters. The molecule has 2 heterocycles. The number of nitriles is 1. The van der Waals surface area contributed by atoms with Crippen LogP contribution in [0, 0.1) is 11.3 Å². The van der Waals surface area contributed by atoms with Gasteiger partial charge >= 0.3 is 13.6 Å². The van der Waals surface area contributed by atoms with Gasteiger partial charge in [0, 0.05) is 29.4 Å². The van der Waals surface area contributed by atoms with Crippen molar-refractivity contribution in [2.45, 2.75) is 38.5 Å². The standard InChI is InChI=1S/C26H24BF3N5O3/c1-15(2)38-22-5-4-18(26(28,29)30)10-21(22)34-24-32-7-6-20(33-24)16-8-17(11-31)23-19(9-16)25(3,13-36)12-35(23)27-14-37/h4-10,14-15,36H,12-13H2,1-3H3,(H,32,33,34). The predicted octanol–water partition coefficient (Wildman–Crippen LogP) is 4.44. The largest absolute Gasteiger partial charge is 0.489 e. The van der Waals surface area contributed by atoms with E-state index >= 15 is 0 Å². The Bertz CT molecular complexity index is 1410. The number of alkyl halides is 3. The molecule has 0 fully saturated rings. The molecular formula is C26H24BF3N5O3. The minimum absolute atomic E-state index is 0.0234. The fourth-order valence-corrected chi connectivity index (χ4v) is 4.37. The summed E-state index contributed by atoms with van der Waals surface area (Å²) < 4.78 is 45.8. The van der Waals surface area contributed by atoms with Crippen LogP contribution in [0.15, 0.2) is 42.6 Å². The average molecular weight is 522 g/mol. The third-order valence-electron chi connectivity index (χ3n) is 6.14. The highest BCUT2D eigenvalue weighted by Crippen LogP contribution is 2.44. The second-order valence-electron chi connectivity index (χ2n) is 9.43. The Kier molecular flexibility index (Phi) is 7.33. The van der Waals surface area contributed by atoms with E-state index in [1.165, 1.54) is 19.7 Å². The van der Waals surface area contributed by atoms with Crippen molar-refractivity contribution in [3.8, 4) is 23.1 Å². The van der Waals surface area contributed by atoms with E-state index in [0.29, 0.717) is 35.2 Å². The van der Waals surface area contributed by atoms with Gasteiger partial charge in [-0.05, 0) is 55.8 Å². The fourth-order valence-electron chi connectivity index (χ4n) is 4.37. The first-order valence-electron chi connectivity index (χ1n) is 11.7. The monoisotopic (exact) mass is 522 g/mol. The maximum Gasteiger partial charge on any atom is 0.416 e. The highest BCUT2D eigenvalue weighted by Gasteiger charge is 2.40. The summed E-state index contributed by atoms with van der Waals surface area (Å²) in [5, 5.41) is 22.8. The van der Waals surface area contributed by atoms with E-state index in [4.69, 9.17) is 4.74 Å². The molecule has 1 unspecified atom stereocenters. The lowest BCUT2D eigenvalue weighted by atomic mass is 9.83. The zero-order valence-electron chi connectivity index (χ0n) is 20.9. The maximum atomic E-state index is 13.4. The Hall–Kier alpha value is -4.11. The van der Waals surface area contributed by atoms with Crippen LogP contribution in [-0.4, -0.2) is 47.9 Å². The summed E-state index contributed by atoms with van der Waals surface area (Å²) in [7, 11) is 1.32. The minimum Gasteiger partial charge on any atom is -0.489 e. The van der Waals surface area contributed by atoms with Crippen molar-refractivity contribution in [1.82, 2.24) is 9.97 Å². The SMILES string of the molecule is CC(C)Oc1ccc(C(F)(F)F)cc1Nc1nccc(-c2cc(C#N)c3c(c2)C(C)(CO)CN3[B]C=O)n1. The highest BCUT2D eigenvalue weighted by molar-refractivity contribution is 6.70. The number of carbonyl (C=O) groups is 1. The molecule has 2 N–H and O–H groups in total. The molecule has 0 aliphatic carbocycles. The highest BCUT2D eigenvalue weighted by atomic mass is 19.4. The van der Waals surface area contributed by atoms with Crippen molar-refractivity contribution in [2.75, 3.05) is 23.3 Å². The van der Waals surface area contributed by atoms with Gasteiger partial charge in [0.1, 0.15) is 18.0 Å². The van der Waals surface area contributed by atoms with Crippen molar-refractivity contribution in [3.05, 3.63) is 59.3 Å². The van der Waals surface area contributed by atoms with Gasteiger partial charge in [-0.3, -0.25) is 0 Å². The number of rotatable bonds is 8. The molecule has 8 nitrogen and oxygen atoms in total. The fraction of sp³-hybridized carbons (Fsp3) is 0.308. The van der Waals surface area contributed by atoms with Gasteiger partial charge in [-0.25, -0.2) is 9.97 Å². The number of nitrogens with zero attached hydrogens (tertiary/aromatic N) is 4. The molecule has 0 saturated carbocycles. The van der Waals surface area contributed by atoms with Gasteiger partial charge in [-0.2, -0.15) is 18.4 Å². The number of hydrogen-bond acceptors (Lipinski definition) is 8. The van der Waals surface area contributed by atoms with Crippen molar-refractivity contribution < 1.29 is 27.8 Å². The first kappa shape index (κ1) is 26.9. The van der Waals surface area contributed by atoms with Crippen molar-refractivity contribution >= 4 is 30.9 Å². The third kappa shape index (κ3) is 5.29. The number of fused-ring (bicyclic) bond motifs is 1. The molecule has 1 aliphatic rings. The first-order chi connectivity index (χ1) is 18.0. The number of ether oxygens (including phenoxy) is 1. The quantitative estimate of drug-likeness (QED) is 0.330. The van der Waals surface area contributed by atoms with Crippen LogP contribution in [0.25, 0.3) is 11.3 Å².